The van der Waals surface area contributed by atoms with Gasteiger partial charge in [-0.2, -0.15) is 5.10 Å². The number of aryl methyl sites for hydroxylation is 2. The molecule has 1 aromatic rings. The molecule has 0 spiro atoms. The molecule has 7 heteroatoms. The minimum absolute atomic E-state index is 0.123. The summed E-state index contributed by atoms with van der Waals surface area (Å²) in [7, 11) is -2.07. The Kier molecular flexibility index (Phi) is 4.19. The zero-order valence-electron chi connectivity index (χ0n) is 11.5. The molecule has 18 heavy (non-hydrogen) atoms. The second-order valence-corrected chi connectivity index (χ2v) is 6.48. The molecule has 0 fully saturated rings. The Morgan fingerprint density at radius 3 is 2.33 bits per heavy atom. The summed E-state index contributed by atoms with van der Waals surface area (Å²) in [5, 5.41) is 9.39. The molecule has 0 bridgehead atoms. The average molecular weight is 275 g/mol. The van der Waals surface area contributed by atoms with Crippen LogP contribution in [0.25, 0.3) is 0 Å². The summed E-state index contributed by atoms with van der Waals surface area (Å²) in [5.41, 5.74) is 0.737. The van der Waals surface area contributed by atoms with Crippen molar-refractivity contribution in [2.75, 3.05) is 7.11 Å². The Hall–Kier alpha value is -0.920. The molecule has 0 unspecified atom stereocenters. The molecule has 0 aliphatic carbocycles. The first-order chi connectivity index (χ1) is 8.08. The van der Waals surface area contributed by atoms with Gasteiger partial charge in [-0.15, -0.1) is 0 Å². The lowest BCUT2D eigenvalue weighted by atomic mass is 10.1. The monoisotopic (exact) mass is 275 g/mol. The topological polar surface area (TPSA) is 87.2 Å². The number of nitrogens with two attached hydrogens (primary N) is 1. The highest BCUT2D eigenvalue weighted by molar-refractivity contribution is 7.89. The molecule has 6 nitrogen and oxygen atoms in total. The Morgan fingerprint density at radius 1 is 1.39 bits per heavy atom. The van der Waals surface area contributed by atoms with E-state index >= 15 is 0 Å². The van der Waals surface area contributed by atoms with Crippen LogP contribution in [0, 0.1) is 13.8 Å². The summed E-state index contributed by atoms with van der Waals surface area (Å²) in [6.07, 6.45) is 0.732. The maximum Gasteiger partial charge on any atom is 0.241 e. The molecule has 1 rings (SSSR count). The number of methoxy groups -OCH3 is 1. The fraction of sp³-hybridized carbons (Fsp3) is 0.727. The number of nitrogens with zero attached hydrogens (tertiary/aromatic N) is 2. The molecule has 104 valence electrons. The van der Waals surface area contributed by atoms with Crippen LogP contribution in [0.4, 0.5) is 0 Å². The lowest BCUT2D eigenvalue weighted by Crippen LogP contribution is -2.25. The number of rotatable bonds is 5. The average Bonchev–Trinajstić information content (AvgIpc) is 2.50. The molecule has 2 N–H and O–H groups in total. The van der Waals surface area contributed by atoms with Crippen molar-refractivity contribution in [3.63, 3.8) is 0 Å². The van der Waals surface area contributed by atoms with Crippen LogP contribution in [-0.4, -0.2) is 30.9 Å². The van der Waals surface area contributed by atoms with Gasteiger partial charge in [0.1, 0.15) is 4.90 Å². The van der Waals surface area contributed by atoms with Crippen molar-refractivity contribution in [2.24, 2.45) is 5.14 Å². The van der Waals surface area contributed by atoms with Gasteiger partial charge in [-0.1, -0.05) is 0 Å². The van der Waals surface area contributed by atoms with Crippen molar-refractivity contribution < 1.29 is 13.2 Å². The minimum Gasteiger partial charge on any atom is -0.379 e. The summed E-state index contributed by atoms with van der Waals surface area (Å²) < 4.78 is 29.9. The standard InChI is InChI=1S/C11H21N3O3S/c1-8-10(18(12,15)16)9(2)14(13-8)7-6-11(3,4)17-5/h6-7H2,1-5H3,(H2,12,15,16). The first-order valence-corrected chi connectivity index (χ1v) is 7.25. The van der Waals surface area contributed by atoms with E-state index in [1.165, 1.54) is 0 Å². The van der Waals surface area contributed by atoms with E-state index in [1.54, 1.807) is 25.6 Å². The molecule has 1 aromatic heterocycles. The smallest absolute Gasteiger partial charge is 0.241 e. The molecule has 0 aliphatic heterocycles. The van der Waals surface area contributed by atoms with Crippen molar-refractivity contribution in [1.29, 1.82) is 0 Å². The van der Waals surface area contributed by atoms with Crippen LogP contribution in [0.15, 0.2) is 4.90 Å². The second-order valence-electron chi connectivity index (χ2n) is 4.98. The first-order valence-electron chi connectivity index (χ1n) is 5.70. The molecule has 0 saturated heterocycles. The van der Waals surface area contributed by atoms with Crippen LogP contribution in [0.3, 0.4) is 0 Å². The third kappa shape index (κ3) is 3.30. The molecule has 0 atom stereocenters. The van der Waals surface area contributed by atoms with Gasteiger partial charge in [0.15, 0.2) is 0 Å². The number of primary sulfonamides is 1. The van der Waals surface area contributed by atoms with Crippen LogP contribution >= 0.6 is 0 Å². The fourth-order valence-electron chi connectivity index (χ4n) is 1.79. The van der Waals surface area contributed by atoms with Gasteiger partial charge in [0.25, 0.3) is 0 Å². The molecule has 0 saturated carbocycles. The number of aromatic nitrogens is 2. The maximum absolute atomic E-state index is 11.4. The Balaban J connectivity index is 3.01. The predicted molar refractivity (Wildman–Crippen MR) is 68.8 cm³/mol. The van der Waals surface area contributed by atoms with E-state index in [4.69, 9.17) is 9.88 Å². The van der Waals surface area contributed by atoms with Crippen LogP contribution in [0.2, 0.25) is 0 Å². The zero-order chi connectivity index (χ0) is 14.1. The maximum atomic E-state index is 11.4. The minimum atomic E-state index is -3.72. The van der Waals surface area contributed by atoms with Crippen molar-refractivity contribution in [1.82, 2.24) is 9.78 Å². The molecular formula is C11H21N3O3S. The van der Waals surface area contributed by atoms with E-state index < -0.39 is 10.0 Å². The van der Waals surface area contributed by atoms with E-state index in [0.29, 0.717) is 17.9 Å². The van der Waals surface area contributed by atoms with Crippen molar-refractivity contribution in [3.05, 3.63) is 11.4 Å². The van der Waals surface area contributed by atoms with Gasteiger partial charge in [-0.05, 0) is 34.1 Å². The molecule has 0 amide bonds. The highest BCUT2D eigenvalue weighted by Gasteiger charge is 2.22. The largest absolute Gasteiger partial charge is 0.379 e. The van der Waals surface area contributed by atoms with E-state index in [0.717, 1.165) is 6.42 Å². The van der Waals surface area contributed by atoms with E-state index in [-0.39, 0.29) is 10.5 Å². The SMILES string of the molecule is COC(C)(C)CCn1nc(C)c(S(N)(=O)=O)c1C. The summed E-state index contributed by atoms with van der Waals surface area (Å²) in [6.45, 7) is 7.88. The third-order valence-electron chi connectivity index (χ3n) is 3.08. The first kappa shape index (κ1) is 15.1. The van der Waals surface area contributed by atoms with Crippen LogP contribution in [-0.2, 0) is 21.3 Å². The van der Waals surface area contributed by atoms with Gasteiger partial charge in [0.05, 0.1) is 17.0 Å². The molecule has 1 heterocycles. The molecule has 0 aliphatic rings. The number of hydrogen-bond donors (Lipinski definition) is 1. The molecule has 0 radical (unpaired) electrons. The van der Waals surface area contributed by atoms with Gasteiger partial charge < -0.3 is 4.74 Å². The Morgan fingerprint density at radius 2 is 1.94 bits per heavy atom. The highest BCUT2D eigenvalue weighted by Crippen LogP contribution is 2.20. The molecular weight excluding hydrogens is 254 g/mol. The van der Waals surface area contributed by atoms with Crippen molar-refractivity contribution >= 4 is 10.0 Å². The van der Waals surface area contributed by atoms with Crippen LogP contribution in [0.5, 0.6) is 0 Å². The van der Waals surface area contributed by atoms with Crippen LogP contribution in [0.1, 0.15) is 31.7 Å². The lowest BCUT2D eigenvalue weighted by Gasteiger charge is -2.22. The Bertz CT molecular complexity index is 532. The lowest BCUT2D eigenvalue weighted by molar-refractivity contribution is 0.0112. The van der Waals surface area contributed by atoms with Gasteiger partial charge in [-0.25, -0.2) is 13.6 Å². The van der Waals surface area contributed by atoms with Crippen molar-refractivity contribution in [3.8, 4) is 0 Å². The third-order valence-corrected chi connectivity index (χ3v) is 4.24. The summed E-state index contributed by atoms with van der Waals surface area (Å²) in [5.74, 6) is 0. The zero-order valence-corrected chi connectivity index (χ0v) is 12.3. The summed E-state index contributed by atoms with van der Waals surface area (Å²) in [6, 6.07) is 0. The van der Waals surface area contributed by atoms with Gasteiger partial charge in [0, 0.05) is 13.7 Å². The highest BCUT2D eigenvalue weighted by atomic mass is 32.2. The fourth-order valence-corrected chi connectivity index (χ4v) is 2.76. The Labute approximate surface area is 108 Å². The second kappa shape index (κ2) is 4.99. The summed E-state index contributed by atoms with van der Waals surface area (Å²) in [4.78, 5) is 0.123. The van der Waals surface area contributed by atoms with Gasteiger partial charge >= 0.3 is 0 Å². The van der Waals surface area contributed by atoms with E-state index in [9.17, 15) is 8.42 Å². The van der Waals surface area contributed by atoms with Crippen LogP contribution < -0.4 is 5.14 Å². The van der Waals surface area contributed by atoms with Gasteiger partial charge in [0.2, 0.25) is 10.0 Å². The molecule has 0 aromatic carbocycles. The van der Waals surface area contributed by atoms with Crippen molar-refractivity contribution in [2.45, 2.75) is 51.2 Å². The number of ether oxygens (including phenoxy) is 1. The summed E-state index contributed by atoms with van der Waals surface area (Å²) >= 11 is 0. The van der Waals surface area contributed by atoms with E-state index in [1.807, 2.05) is 13.8 Å². The normalized spacial score (nSPS) is 13.0. The predicted octanol–water partition coefficient (Wildman–Crippen LogP) is 0.962. The number of hydrogen-bond acceptors (Lipinski definition) is 4. The quantitative estimate of drug-likeness (QED) is 0.867. The van der Waals surface area contributed by atoms with E-state index in [2.05, 4.69) is 5.10 Å². The van der Waals surface area contributed by atoms with Gasteiger partial charge in [-0.3, -0.25) is 4.68 Å². The number of sulfonamides is 1.